The second kappa shape index (κ2) is 7.82. The van der Waals surface area contributed by atoms with Gasteiger partial charge in [-0.2, -0.15) is 0 Å². The second-order valence-electron chi connectivity index (χ2n) is 3.91. The van der Waals surface area contributed by atoms with Crippen LogP contribution in [-0.2, 0) is 22.4 Å². The van der Waals surface area contributed by atoms with E-state index in [9.17, 15) is 9.90 Å². The van der Waals surface area contributed by atoms with Crippen LogP contribution in [-0.4, -0.2) is 59.0 Å². The summed E-state index contributed by atoms with van der Waals surface area (Å²) in [5, 5.41) is 17.4. The van der Waals surface area contributed by atoms with Gasteiger partial charge in [0.05, 0.1) is 32.1 Å². The van der Waals surface area contributed by atoms with Crippen LogP contribution in [0.4, 0.5) is 0 Å². The van der Waals surface area contributed by atoms with Gasteiger partial charge >= 0.3 is 5.97 Å². The van der Waals surface area contributed by atoms with Crippen molar-refractivity contribution in [3.05, 3.63) is 11.4 Å². The Hall–Kier alpha value is -1.51. The summed E-state index contributed by atoms with van der Waals surface area (Å²) < 4.78 is 11.2. The van der Waals surface area contributed by atoms with Gasteiger partial charge in [-0.1, -0.05) is 5.21 Å². The van der Waals surface area contributed by atoms with Crippen LogP contribution < -0.4 is 5.73 Å². The predicted octanol–water partition coefficient (Wildman–Crippen LogP) is -1.04. The summed E-state index contributed by atoms with van der Waals surface area (Å²) in [5.41, 5.74) is 6.20. The van der Waals surface area contributed by atoms with Gasteiger partial charge in [-0.15, -0.1) is 5.10 Å². The lowest BCUT2D eigenvalue weighted by Gasteiger charge is -2.12. The van der Waals surface area contributed by atoms with E-state index in [-0.39, 0.29) is 18.8 Å². The molecule has 0 aliphatic rings. The highest BCUT2D eigenvalue weighted by Gasteiger charge is 2.21. The zero-order valence-corrected chi connectivity index (χ0v) is 11.2. The maximum Gasteiger partial charge on any atom is 0.360 e. The number of nitrogens with zero attached hydrogens (tertiary/aromatic N) is 3. The Morgan fingerprint density at radius 1 is 1.58 bits per heavy atom. The molecular weight excluding hydrogens is 252 g/mol. The maximum atomic E-state index is 11.5. The van der Waals surface area contributed by atoms with E-state index in [1.165, 1.54) is 11.8 Å². The number of esters is 1. The third-order valence-corrected chi connectivity index (χ3v) is 2.50. The Bertz CT molecular complexity index is 407. The first-order valence-electron chi connectivity index (χ1n) is 6.10. The molecule has 1 heterocycles. The molecule has 1 aromatic rings. The number of nitrogens with two attached hydrogens (primary N) is 1. The largest absolute Gasteiger partial charge is 0.464 e. The first-order chi connectivity index (χ1) is 9.13. The van der Waals surface area contributed by atoms with Crippen molar-refractivity contribution in [1.82, 2.24) is 15.0 Å². The Morgan fingerprint density at radius 3 is 2.89 bits per heavy atom. The minimum Gasteiger partial charge on any atom is -0.464 e. The minimum atomic E-state index is -0.719. The van der Waals surface area contributed by atoms with Gasteiger partial charge in [-0.25, -0.2) is 9.48 Å². The van der Waals surface area contributed by atoms with E-state index in [0.717, 1.165) is 0 Å². The predicted molar refractivity (Wildman–Crippen MR) is 66.6 cm³/mol. The Kier molecular flexibility index (Phi) is 6.40. The van der Waals surface area contributed by atoms with Gasteiger partial charge in [0, 0.05) is 13.0 Å². The van der Waals surface area contributed by atoms with Crippen LogP contribution in [0.2, 0.25) is 0 Å². The molecule has 1 aromatic heterocycles. The zero-order chi connectivity index (χ0) is 14.3. The quantitative estimate of drug-likeness (QED) is 0.581. The molecule has 0 amide bonds. The molecule has 0 aliphatic heterocycles. The van der Waals surface area contributed by atoms with Gasteiger partial charge in [-0.05, 0) is 13.5 Å². The molecule has 1 atom stereocenters. The topological polar surface area (TPSA) is 112 Å². The Morgan fingerprint density at radius 2 is 2.32 bits per heavy atom. The number of ether oxygens (including phenoxy) is 2. The van der Waals surface area contributed by atoms with Crippen molar-refractivity contribution in [2.24, 2.45) is 5.73 Å². The number of aliphatic hydroxyl groups excluding tert-OH is 1. The zero-order valence-electron chi connectivity index (χ0n) is 11.2. The normalized spacial score (nSPS) is 12.4. The molecule has 0 bridgehead atoms. The summed E-state index contributed by atoms with van der Waals surface area (Å²) in [7, 11) is 1.28. The fraction of sp³-hybridized carbons (Fsp3) is 0.727. The molecule has 0 saturated heterocycles. The van der Waals surface area contributed by atoms with Crippen LogP contribution in [0.5, 0.6) is 0 Å². The molecule has 19 heavy (non-hydrogen) atoms. The molecule has 8 heteroatoms. The number of hydrogen-bond acceptors (Lipinski definition) is 7. The first kappa shape index (κ1) is 15.5. The average molecular weight is 272 g/mol. The monoisotopic (exact) mass is 272 g/mol. The van der Waals surface area contributed by atoms with Crippen LogP contribution >= 0.6 is 0 Å². The van der Waals surface area contributed by atoms with Gasteiger partial charge in [0.15, 0.2) is 5.69 Å². The molecule has 0 aliphatic carbocycles. The molecule has 8 nitrogen and oxygen atoms in total. The summed E-state index contributed by atoms with van der Waals surface area (Å²) in [6.45, 7) is 3.11. The average Bonchev–Trinajstić information content (AvgIpc) is 2.79. The van der Waals surface area contributed by atoms with E-state index in [1.54, 1.807) is 0 Å². The fourth-order valence-corrected chi connectivity index (χ4v) is 1.63. The van der Waals surface area contributed by atoms with E-state index in [0.29, 0.717) is 25.3 Å². The standard InChI is InChI=1S/C11H20N4O4/c1-3-19-7-8(16)6-15-9(4-5-12)10(13-14-15)11(17)18-2/h8,16H,3-7,12H2,1-2H3. The minimum absolute atomic E-state index is 0.136. The lowest BCUT2D eigenvalue weighted by atomic mass is 10.2. The van der Waals surface area contributed by atoms with E-state index in [4.69, 9.17) is 10.5 Å². The number of carbonyl (C=O) groups excluding carboxylic acids is 1. The van der Waals surface area contributed by atoms with Crippen molar-refractivity contribution in [3.8, 4) is 0 Å². The molecule has 0 fully saturated rings. The second-order valence-corrected chi connectivity index (χ2v) is 3.91. The van der Waals surface area contributed by atoms with Gasteiger partial charge in [0.25, 0.3) is 0 Å². The van der Waals surface area contributed by atoms with Crippen molar-refractivity contribution in [2.75, 3.05) is 26.9 Å². The van der Waals surface area contributed by atoms with Crippen LogP contribution in [0.15, 0.2) is 0 Å². The molecule has 1 rings (SSSR count). The molecule has 0 spiro atoms. The molecular formula is C11H20N4O4. The number of hydrogen-bond donors (Lipinski definition) is 2. The Balaban J connectivity index is 2.82. The van der Waals surface area contributed by atoms with Crippen LogP contribution in [0.1, 0.15) is 23.1 Å². The first-order valence-corrected chi connectivity index (χ1v) is 6.10. The smallest absolute Gasteiger partial charge is 0.360 e. The number of methoxy groups -OCH3 is 1. The van der Waals surface area contributed by atoms with Crippen molar-refractivity contribution in [1.29, 1.82) is 0 Å². The molecule has 0 aromatic carbocycles. The van der Waals surface area contributed by atoms with E-state index >= 15 is 0 Å². The van der Waals surface area contributed by atoms with Gasteiger partial charge in [0.1, 0.15) is 0 Å². The molecule has 1 unspecified atom stereocenters. The van der Waals surface area contributed by atoms with Crippen molar-refractivity contribution < 1.29 is 19.4 Å². The van der Waals surface area contributed by atoms with Crippen molar-refractivity contribution in [3.63, 3.8) is 0 Å². The SMILES string of the molecule is CCOCC(O)Cn1nnc(C(=O)OC)c1CCN. The van der Waals surface area contributed by atoms with Crippen molar-refractivity contribution >= 4 is 5.97 Å². The molecule has 0 saturated carbocycles. The lowest BCUT2D eigenvalue weighted by Crippen LogP contribution is -2.25. The van der Waals surface area contributed by atoms with E-state index in [1.807, 2.05) is 6.92 Å². The summed E-state index contributed by atoms with van der Waals surface area (Å²) in [6, 6.07) is 0. The third kappa shape index (κ3) is 4.27. The third-order valence-electron chi connectivity index (χ3n) is 2.50. The molecule has 108 valence electrons. The van der Waals surface area contributed by atoms with Gasteiger partial charge < -0.3 is 20.3 Å². The highest BCUT2D eigenvalue weighted by molar-refractivity contribution is 5.88. The van der Waals surface area contributed by atoms with Gasteiger partial charge in [0.2, 0.25) is 0 Å². The van der Waals surface area contributed by atoms with E-state index < -0.39 is 12.1 Å². The number of aliphatic hydroxyl groups is 1. The van der Waals surface area contributed by atoms with E-state index in [2.05, 4.69) is 15.0 Å². The molecule has 3 N–H and O–H groups in total. The van der Waals surface area contributed by atoms with Crippen molar-refractivity contribution in [2.45, 2.75) is 26.0 Å². The van der Waals surface area contributed by atoms with Crippen LogP contribution in [0.3, 0.4) is 0 Å². The molecule has 0 radical (unpaired) electrons. The summed E-state index contributed by atoms with van der Waals surface area (Å²) >= 11 is 0. The number of aromatic nitrogens is 3. The number of carbonyl (C=O) groups is 1. The summed E-state index contributed by atoms with van der Waals surface area (Å²) in [6.07, 6.45) is -0.289. The number of rotatable bonds is 8. The maximum absolute atomic E-state index is 11.5. The van der Waals surface area contributed by atoms with Gasteiger partial charge in [-0.3, -0.25) is 0 Å². The van der Waals surface area contributed by atoms with Crippen LogP contribution in [0.25, 0.3) is 0 Å². The summed E-state index contributed by atoms with van der Waals surface area (Å²) in [5.74, 6) is -0.561. The summed E-state index contributed by atoms with van der Waals surface area (Å²) in [4.78, 5) is 11.5. The Labute approximate surface area is 111 Å². The highest BCUT2D eigenvalue weighted by Crippen LogP contribution is 2.08. The highest BCUT2D eigenvalue weighted by atomic mass is 16.5. The fourth-order valence-electron chi connectivity index (χ4n) is 1.63. The lowest BCUT2D eigenvalue weighted by molar-refractivity contribution is 0.0309. The van der Waals surface area contributed by atoms with Crippen LogP contribution in [0, 0.1) is 0 Å².